The van der Waals surface area contributed by atoms with Crippen LogP contribution in [-0.2, 0) is 6.42 Å². The molecule has 0 spiro atoms. The van der Waals surface area contributed by atoms with Crippen LogP contribution in [0.2, 0.25) is 0 Å². The number of benzene rings is 1. The topological polar surface area (TPSA) is 55.2 Å². The van der Waals surface area contributed by atoms with Crippen LogP contribution < -0.4 is 4.74 Å². The molecule has 1 heterocycles. The quantitative estimate of drug-likeness (QED) is 0.656. The maximum atomic E-state index is 5.56. The van der Waals surface area contributed by atoms with Crippen molar-refractivity contribution in [2.45, 2.75) is 26.7 Å². The average molecular weight is 290 g/mol. The molecule has 0 aliphatic carbocycles. The zero-order valence-electron chi connectivity index (χ0n) is 11.7. The Morgan fingerprint density at radius 1 is 1.40 bits per heavy atom. The number of nitrogens with one attached hydrogen (secondary N) is 1. The highest BCUT2D eigenvalue weighted by atomic mass is 32.1. The summed E-state index contributed by atoms with van der Waals surface area (Å²) in [4.78, 5) is 0. The standard InChI is InChI=1S/C14H18N4OS/c1-3-7-13-16-17-14(20)18(13)15-10-11-8-5-6-9-12(11)19-4-2/h5-6,8-10H,3-4,7H2,1-2H3,(H,17,20)/b15-10+. The number of aromatic amines is 1. The molecule has 0 atom stereocenters. The van der Waals surface area contributed by atoms with Crippen molar-refractivity contribution in [1.29, 1.82) is 0 Å². The van der Waals surface area contributed by atoms with Gasteiger partial charge in [0, 0.05) is 12.0 Å². The van der Waals surface area contributed by atoms with Crippen LogP contribution in [0.25, 0.3) is 0 Å². The molecule has 1 N–H and O–H groups in total. The summed E-state index contributed by atoms with van der Waals surface area (Å²) in [7, 11) is 0. The van der Waals surface area contributed by atoms with Crippen LogP contribution in [0.1, 0.15) is 31.7 Å². The van der Waals surface area contributed by atoms with E-state index in [1.807, 2.05) is 31.2 Å². The van der Waals surface area contributed by atoms with Crippen LogP contribution in [0.3, 0.4) is 0 Å². The van der Waals surface area contributed by atoms with Crippen molar-refractivity contribution < 1.29 is 4.74 Å². The molecule has 6 heteroatoms. The van der Waals surface area contributed by atoms with Crippen LogP contribution in [0.5, 0.6) is 5.75 Å². The van der Waals surface area contributed by atoms with Crippen molar-refractivity contribution >= 4 is 18.4 Å². The molecule has 0 aliphatic heterocycles. The zero-order chi connectivity index (χ0) is 14.4. The number of aryl methyl sites for hydroxylation is 1. The summed E-state index contributed by atoms with van der Waals surface area (Å²) in [5.74, 6) is 1.65. The van der Waals surface area contributed by atoms with Gasteiger partial charge in [-0.3, -0.25) is 5.10 Å². The fourth-order valence-corrected chi connectivity index (χ4v) is 2.02. The smallest absolute Gasteiger partial charge is 0.216 e. The summed E-state index contributed by atoms with van der Waals surface area (Å²) in [5.41, 5.74) is 0.917. The molecule has 0 saturated heterocycles. The lowest BCUT2D eigenvalue weighted by molar-refractivity contribution is 0.340. The van der Waals surface area contributed by atoms with Crippen LogP contribution >= 0.6 is 12.2 Å². The minimum Gasteiger partial charge on any atom is -0.493 e. The first-order chi connectivity index (χ1) is 9.76. The van der Waals surface area contributed by atoms with Gasteiger partial charge in [-0.2, -0.15) is 14.9 Å². The molecule has 20 heavy (non-hydrogen) atoms. The normalized spacial score (nSPS) is 11.1. The Morgan fingerprint density at radius 2 is 2.20 bits per heavy atom. The lowest BCUT2D eigenvalue weighted by atomic mass is 10.2. The Morgan fingerprint density at radius 3 is 2.95 bits per heavy atom. The maximum Gasteiger partial charge on any atom is 0.216 e. The van der Waals surface area contributed by atoms with Crippen LogP contribution in [0, 0.1) is 4.77 Å². The molecule has 0 radical (unpaired) electrons. The third-order valence-corrected chi connectivity index (χ3v) is 2.99. The predicted octanol–water partition coefficient (Wildman–Crippen LogP) is 3.17. The number of hydrogen-bond donors (Lipinski definition) is 1. The van der Waals surface area contributed by atoms with Crippen molar-refractivity contribution in [2.75, 3.05) is 6.61 Å². The van der Waals surface area contributed by atoms with Gasteiger partial charge in [0.1, 0.15) is 5.75 Å². The number of para-hydroxylation sites is 1. The molecule has 0 aliphatic rings. The largest absolute Gasteiger partial charge is 0.493 e. The molecule has 1 aromatic heterocycles. The summed E-state index contributed by atoms with van der Waals surface area (Å²) in [6.07, 6.45) is 3.57. The SMILES string of the molecule is CCCc1n[nH]c(=S)n1/N=C/c1ccccc1OCC. The molecule has 0 unspecified atom stereocenters. The summed E-state index contributed by atoms with van der Waals surface area (Å²) in [6, 6.07) is 7.77. The number of ether oxygens (including phenoxy) is 1. The first-order valence-electron chi connectivity index (χ1n) is 6.68. The number of aromatic nitrogens is 3. The van der Waals surface area contributed by atoms with Gasteiger partial charge in [0.05, 0.1) is 12.8 Å². The van der Waals surface area contributed by atoms with Crippen molar-refractivity contribution in [1.82, 2.24) is 14.9 Å². The van der Waals surface area contributed by atoms with Gasteiger partial charge in [-0.05, 0) is 37.7 Å². The van der Waals surface area contributed by atoms with E-state index in [0.29, 0.717) is 11.4 Å². The summed E-state index contributed by atoms with van der Waals surface area (Å²) in [6.45, 7) is 4.67. The van der Waals surface area contributed by atoms with Crippen molar-refractivity contribution in [3.8, 4) is 5.75 Å². The average Bonchev–Trinajstić information content (AvgIpc) is 2.80. The van der Waals surface area contributed by atoms with E-state index in [2.05, 4.69) is 22.2 Å². The molecule has 0 saturated carbocycles. The monoisotopic (exact) mass is 290 g/mol. The Balaban J connectivity index is 2.30. The van der Waals surface area contributed by atoms with Crippen molar-refractivity contribution in [3.05, 3.63) is 40.4 Å². The Bertz CT molecular complexity index is 645. The van der Waals surface area contributed by atoms with Gasteiger partial charge in [-0.25, -0.2) is 0 Å². The third kappa shape index (κ3) is 3.33. The number of nitrogens with zero attached hydrogens (tertiary/aromatic N) is 3. The molecule has 0 bridgehead atoms. The Labute approximate surface area is 123 Å². The second-order valence-electron chi connectivity index (χ2n) is 4.22. The molecule has 2 rings (SSSR count). The zero-order valence-corrected chi connectivity index (χ0v) is 12.5. The molecule has 106 valence electrons. The van der Waals surface area contributed by atoms with E-state index in [9.17, 15) is 0 Å². The number of rotatable bonds is 6. The van der Waals surface area contributed by atoms with E-state index < -0.39 is 0 Å². The fourth-order valence-electron chi connectivity index (χ4n) is 1.82. The molecule has 1 aromatic carbocycles. The highest BCUT2D eigenvalue weighted by Gasteiger charge is 2.04. The molecule has 0 fully saturated rings. The van der Waals surface area contributed by atoms with Gasteiger partial charge in [-0.1, -0.05) is 19.1 Å². The van der Waals surface area contributed by atoms with Crippen LogP contribution in [0.4, 0.5) is 0 Å². The minimum absolute atomic E-state index is 0.499. The number of hydrogen-bond acceptors (Lipinski definition) is 4. The summed E-state index contributed by atoms with van der Waals surface area (Å²) >= 11 is 5.19. The highest BCUT2D eigenvalue weighted by molar-refractivity contribution is 7.71. The van der Waals surface area contributed by atoms with Crippen molar-refractivity contribution in [3.63, 3.8) is 0 Å². The van der Waals surface area contributed by atoms with E-state index >= 15 is 0 Å². The fraction of sp³-hybridized carbons (Fsp3) is 0.357. The number of H-pyrrole nitrogens is 1. The summed E-state index contributed by atoms with van der Waals surface area (Å²) in [5, 5.41) is 11.4. The highest BCUT2D eigenvalue weighted by Crippen LogP contribution is 2.15. The maximum absolute atomic E-state index is 5.56. The van der Waals surface area contributed by atoms with Crippen molar-refractivity contribution in [2.24, 2.45) is 5.10 Å². The molecule has 2 aromatic rings. The van der Waals surface area contributed by atoms with E-state index in [0.717, 1.165) is 30.0 Å². The van der Waals surface area contributed by atoms with Gasteiger partial charge in [0.2, 0.25) is 4.77 Å². The lowest BCUT2D eigenvalue weighted by Gasteiger charge is -2.06. The minimum atomic E-state index is 0.499. The Hall–Kier alpha value is -1.95. The van der Waals surface area contributed by atoms with Gasteiger partial charge >= 0.3 is 0 Å². The first kappa shape index (κ1) is 14.5. The molecule has 5 nitrogen and oxygen atoms in total. The van der Waals surface area contributed by atoms with Gasteiger partial charge in [-0.15, -0.1) is 0 Å². The lowest BCUT2D eigenvalue weighted by Crippen LogP contribution is -2.00. The molecule has 0 amide bonds. The second kappa shape index (κ2) is 7.00. The molecular weight excluding hydrogens is 272 g/mol. The van der Waals surface area contributed by atoms with E-state index in [-0.39, 0.29) is 0 Å². The predicted molar refractivity (Wildman–Crippen MR) is 82.0 cm³/mol. The first-order valence-corrected chi connectivity index (χ1v) is 7.09. The third-order valence-electron chi connectivity index (χ3n) is 2.72. The second-order valence-corrected chi connectivity index (χ2v) is 4.61. The van der Waals surface area contributed by atoms with Crippen LogP contribution in [0.15, 0.2) is 29.4 Å². The molecular formula is C14H18N4OS. The van der Waals surface area contributed by atoms with E-state index in [4.69, 9.17) is 17.0 Å². The van der Waals surface area contributed by atoms with E-state index in [1.165, 1.54) is 0 Å². The van der Waals surface area contributed by atoms with Gasteiger partial charge in [0.25, 0.3) is 0 Å². The summed E-state index contributed by atoms with van der Waals surface area (Å²) < 4.78 is 7.72. The Kier molecular flexibility index (Phi) is 5.06. The van der Waals surface area contributed by atoms with E-state index in [1.54, 1.807) is 10.9 Å². The van der Waals surface area contributed by atoms with Gasteiger partial charge < -0.3 is 4.74 Å². The van der Waals surface area contributed by atoms with Crippen LogP contribution in [-0.4, -0.2) is 27.7 Å². The van der Waals surface area contributed by atoms with Gasteiger partial charge in [0.15, 0.2) is 5.82 Å².